The van der Waals surface area contributed by atoms with Crippen LogP contribution in [0.1, 0.15) is 20.3 Å². The molecule has 0 spiro atoms. The zero-order valence-corrected chi connectivity index (χ0v) is 7.33. The van der Waals surface area contributed by atoms with Crippen molar-refractivity contribution in [3.63, 3.8) is 0 Å². The fourth-order valence-electron chi connectivity index (χ4n) is 0.855. The molecule has 0 fully saturated rings. The summed E-state index contributed by atoms with van der Waals surface area (Å²) in [6.45, 7) is 4.33. The van der Waals surface area contributed by atoms with E-state index < -0.39 is 0 Å². The van der Waals surface area contributed by atoms with Gasteiger partial charge in [-0.1, -0.05) is 19.6 Å². The molecule has 0 aromatic heterocycles. The molecule has 11 heavy (non-hydrogen) atoms. The van der Waals surface area contributed by atoms with Gasteiger partial charge in [-0.2, -0.15) is 0 Å². The van der Waals surface area contributed by atoms with Gasteiger partial charge in [0.15, 0.2) is 0 Å². The number of allylic oxidation sites excluding steroid dienone is 1. The second-order valence-electron chi connectivity index (χ2n) is 2.88. The monoisotopic (exact) mass is 150 g/mol. The van der Waals surface area contributed by atoms with Crippen LogP contribution in [0.15, 0.2) is 22.6 Å². The van der Waals surface area contributed by atoms with E-state index in [1.54, 1.807) is 0 Å². The molecule has 0 saturated heterocycles. The molecule has 1 heterocycles. The minimum Gasteiger partial charge on any atom is -0.335 e. The van der Waals surface area contributed by atoms with Gasteiger partial charge in [-0.15, -0.1) is 0 Å². The average Bonchev–Trinajstić information content (AvgIpc) is 2.05. The molecule has 0 N–H and O–H groups in total. The van der Waals surface area contributed by atoms with Gasteiger partial charge in [-0.3, -0.25) is 0 Å². The highest BCUT2D eigenvalue weighted by molar-refractivity contribution is 5.59. The van der Waals surface area contributed by atoms with Gasteiger partial charge in [0, 0.05) is 19.2 Å². The Labute approximate surface area is 67.9 Å². The lowest BCUT2D eigenvalue weighted by Gasteiger charge is -2.12. The number of aliphatic imine (C=N–C) groups is 1. The standard InChI is InChI=1S/C9H14N2/c1-4-8(2)9-5-6-11(3)7-10-9/h6-8H,4H2,1-3H3. The third-order valence-corrected chi connectivity index (χ3v) is 1.87. The molecule has 2 nitrogen and oxygen atoms in total. The third-order valence-electron chi connectivity index (χ3n) is 1.87. The maximum atomic E-state index is 4.26. The maximum absolute atomic E-state index is 4.26. The van der Waals surface area contributed by atoms with Crippen molar-refractivity contribution in [3.8, 4) is 0 Å². The first-order chi connectivity index (χ1) is 5.24. The second kappa shape index (κ2) is 3.40. The van der Waals surface area contributed by atoms with E-state index in [-0.39, 0.29) is 0 Å². The molecule has 0 aromatic rings. The highest BCUT2D eigenvalue weighted by Crippen LogP contribution is 2.15. The molecule has 2 heteroatoms. The summed E-state index contributed by atoms with van der Waals surface area (Å²) in [7, 11) is 1.95. The SMILES string of the molecule is CCC(C)C1=C=CN(C)C=N1. The lowest BCUT2D eigenvalue weighted by atomic mass is 10.1. The molecule has 60 valence electrons. The third kappa shape index (κ3) is 1.95. The highest BCUT2D eigenvalue weighted by Gasteiger charge is 2.05. The Balaban J connectivity index is 2.75. The van der Waals surface area contributed by atoms with Gasteiger partial charge in [0.1, 0.15) is 0 Å². The Bertz CT molecular complexity index is 222. The van der Waals surface area contributed by atoms with E-state index in [2.05, 4.69) is 24.6 Å². The highest BCUT2D eigenvalue weighted by atomic mass is 15.1. The molecule has 1 aliphatic heterocycles. The summed E-state index contributed by atoms with van der Waals surface area (Å²) >= 11 is 0. The lowest BCUT2D eigenvalue weighted by Crippen LogP contribution is -2.10. The summed E-state index contributed by atoms with van der Waals surface area (Å²) < 4.78 is 0. The lowest BCUT2D eigenvalue weighted by molar-refractivity contribution is 0.630. The molecular weight excluding hydrogens is 136 g/mol. The molecule has 0 aromatic carbocycles. The molecule has 0 amide bonds. The Kier molecular flexibility index (Phi) is 2.50. The van der Waals surface area contributed by atoms with E-state index in [9.17, 15) is 0 Å². The molecule has 0 bridgehead atoms. The zero-order chi connectivity index (χ0) is 8.27. The molecule has 0 aliphatic carbocycles. The normalized spacial score (nSPS) is 18.5. The molecular formula is C9H14N2. The number of hydrogen-bond donors (Lipinski definition) is 0. The Morgan fingerprint density at radius 3 is 2.91 bits per heavy atom. The predicted octanol–water partition coefficient (Wildman–Crippen LogP) is 2.00. The van der Waals surface area contributed by atoms with Crippen LogP contribution in [0.5, 0.6) is 0 Å². The largest absolute Gasteiger partial charge is 0.335 e. The predicted molar refractivity (Wildman–Crippen MR) is 47.3 cm³/mol. The number of hydrogen-bond acceptors (Lipinski definition) is 2. The minimum atomic E-state index is 0.524. The number of rotatable bonds is 2. The van der Waals surface area contributed by atoms with Gasteiger partial charge in [-0.25, -0.2) is 4.99 Å². The van der Waals surface area contributed by atoms with Gasteiger partial charge >= 0.3 is 0 Å². The quantitative estimate of drug-likeness (QED) is 0.550. The van der Waals surface area contributed by atoms with Crippen molar-refractivity contribution in [2.75, 3.05) is 7.05 Å². The van der Waals surface area contributed by atoms with E-state index in [4.69, 9.17) is 0 Å². The van der Waals surface area contributed by atoms with Crippen molar-refractivity contribution in [2.45, 2.75) is 20.3 Å². The zero-order valence-electron chi connectivity index (χ0n) is 7.33. The van der Waals surface area contributed by atoms with Crippen LogP contribution in [0.25, 0.3) is 0 Å². The Morgan fingerprint density at radius 1 is 1.73 bits per heavy atom. The summed E-state index contributed by atoms with van der Waals surface area (Å²) in [5, 5.41) is 0. The summed E-state index contributed by atoms with van der Waals surface area (Å²) in [5.74, 6) is 0.524. The fraction of sp³-hybridized carbons (Fsp3) is 0.556. The smallest absolute Gasteiger partial charge is 0.0958 e. The fourth-order valence-corrected chi connectivity index (χ4v) is 0.855. The first-order valence-electron chi connectivity index (χ1n) is 3.97. The van der Waals surface area contributed by atoms with E-state index >= 15 is 0 Å². The van der Waals surface area contributed by atoms with Crippen molar-refractivity contribution < 1.29 is 0 Å². The molecule has 0 radical (unpaired) electrons. The molecule has 0 saturated carbocycles. The van der Waals surface area contributed by atoms with Crippen LogP contribution in [-0.2, 0) is 0 Å². The summed E-state index contributed by atoms with van der Waals surface area (Å²) in [6, 6.07) is 0. The van der Waals surface area contributed by atoms with Gasteiger partial charge in [-0.05, 0) is 6.42 Å². The second-order valence-corrected chi connectivity index (χ2v) is 2.88. The first kappa shape index (κ1) is 8.09. The van der Waals surface area contributed by atoms with E-state index in [1.165, 1.54) is 0 Å². The Morgan fingerprint density at radius 2 is 2.45 bits per heavy atom. The van der Waals surface area contributed by atoms with Crippen molar-refractivity contribution in [1.29, 1.82) is 0 Å². The average molecular weight is 150 g/mol. The van der Waals surface area contributed by atoms with Crippen molar-refractivity contribution in [3.05, 3.63) is 17.6 Å². The maximum Gasteiger partial charge on any atom is 0.0958 e. The Hall–Kier alpha value is -1.01. The van der Waals surface area contributed by atoms with Crippen molar-refractivity contribution >= 4 is 6.34 Å². The van der Waals surface area contributed by atoms with Gasteiger partial charge in [0.05, 0.1) is 12.0 Å². The van der Waals surface area contributed by atoms with E-state index in [0.717, 1.165) is 12.1 Å². The van der Waals surface area contributed by atoms with Crippen LogP contribution >= 0.6 is 0 Å². The summed E-state index contributed by atoms with van der Waals surface area (Å²) in [6.07, 6.45) is 4.85. The molecule has 1 rings (SSSR count). The van der Waals surface area contributed by atoms with E-state index in [0.29, 0.717) is 5.92 Å². The van der Waals surface area contributed by atoms with Crippen LogP contribution in [0, 0.1) is 5.92 Å². The van der Waals surface area contributed by atoms with Crippen LogP contribution in [0.4, 0.5) is 0 Å². The molecule has 1 atom stereocenters. The van der Waals surface area contributed by atoms with Crippen molar-refractivity contribution in [1.82, 2.24) is 4.90 Å². The number of nitrogens with zero attached hydrogens (tertiary/aromatic N) is 2. The van der Waals surface area contributed by atoms with Gasteiger partial charge in [0.25, 0.3) is 0 Å². The summed E-state index contributed by atoms with van der Waals surface area (Å²) in [4.78, 5) is 6.15. The van der Waals surface area contributed by atoms with Crippen LogP contribution in [0.2, 0.25) is 0 Å². The van der Waals surface area contributed by atoms with Gasteiger partial charge < -0.3 is 4.90 Å². The van der Waals surface area contributed by atoms with Crippen LogP contribution < -0.4 is 0 Å². The van der Waals surface area contributed by atoms with Crippen LogP contribution in [0.3, 0.4) is 0 Å². The topological polar surface area (TPSA) is 15.6 Å². The van der Waals surface area contributed by atoms with Gasteiger partial charge in [0.2, 0.25) is 0 Å². The van der Waals surface area contributed by atoms with Crippen LogP contribution in [-0.4, -0.2) is 18.3 Å². The van der Waals surface area contributed by atoms with Crippen molar-refractivity contribution in [2.24, 2.45) is 10.9 Å². The minimum absolute atomic E-state index is 0.524. The molecule has 1 unspecified atom stereocenters. The summed E-state index contributed by atoms with van der Waals surface area (Å²) in [5.41, 5.74) is 4.20. The van der Waals surface area contributed by atoms with E-state index in [1.807, 2.05) is 24.5 Å². The first-order valence-corrected chi connectivity index (χ1v) is 3.97. The molecule has 1 aliphatic rings.